The zero-order valence-electron chi connectivity index (χ0n) is 15.3. The van der Waals surface area contributed by atoms with Gasteiger partial charge in [-0.25, -0.2) is 10.4 Å². The van der Waals surface area contributed by atoms with Crippen molar-refractivity contribution in [2.75, 3.05) is 0 Å². The molecule has 2 saturated heterocycles. The third-order valence-electron chi connectivity index (χ3n) is 5.06. The molecule has 29 heavy (non-hydrogen) atoms. The monoisotopic (exact) mass is 426 g/mol. The molecule has 4 N–H and O–H groups in total. The van der Waals surface area contributed by atoms with Crippen molar-refractivity contribution >= 4 is 5.91 Å². The third kappa shape index (κ3) is 4.20. The number of hydrogen-bond donors (Lipinski definition) is 4. The Morgan fingerprint density at radius 3 is 2.14 bits per heavy atom. The minimum Gasteiger partial charge on any atom is -0.361 e. The summed E-state index contributed by atoms with van der Waals surface area (Å²) >= 11 is 0. The lowest BCUT2D eigenvalue weighted by atomic mass is 9.91. The Morgan fingerprint density at radius 1 is 1.07 bits per heavy atom. The Morgan fingerprint density at radius 2 is 1.66 bits per heavy atom. The van der Waals surface area contributed by atoms with Gasteiger partial charge < -0.3 is 10.4 Å². The van der Waals surface area contributed by atoms with Crippen molar-refractivity contribution in [2.24, 2.45) is 11.8 Å². The summed E-state index contributed by atoms with van der Waals surface area (Å²) in [5.74, 6) is -2.90. The van der Waals surface area contributed by atoms with Crippen LogP contribution in [0.15, 0.2) is 24.3 Å². The molecule has 5 atom stereocenters. The minimum atomic E-state index is -4.76. The molecule has 0 aliphatic carbocycles. The standard InChI is InChI=1S/C17H20F6N4O2/c1-7(2)11(8-3-5-9(6-4-8)16(18,19)20)27-13-10(12(26-27)17(21,22)23)14(28)25-15(29)24-13/h3-7,10-13,15,24,26,29H,1-2H3,(H,25,28). The first-order chi connectivity index (χ1) is 13.3. The van der Waals surface area contributed by atoms with Crippen LogP contribution < -0.4 is 16.1 Å². The number of hydrogen-bond acceptors (Lipinski definition) is 5. The SMILES string of the molecule is CC(C)C(c1ccc(C(F)(F)F)cc1)N1NC(C(F)(F)F)C2C(=O)NC(O)NC21. The number of nitrogens with zero attached hydrogens (tertiary/aromatic N) is 1. The summed E-state index contributed by atoms with van der Waals surface area (Å²) < 4.78 is 79.1. The Hall–Kier alpha value is -1.89. The van der Waals surface area contributed by atoms with Crippen molar-refractivity contribution in [3.05, 3.63) is 35.4 Å². The second-order valence-corrected chi connectivity index (χ2v) is 7.41. The van der Waals surface area contributed by atoms with Crippen LogP contribution in [0.5, 0.6) is 0 Å². The molecular weight excluding hydrogens is 406 g/mol. The van der Waals surface area contributed by atoms with Gasteiger partial charge in [0.1, 0.15) is 6.04 Å². The first-order valence-corrected chi connectivity index (χ1v) is 8.83. The summed E-state index contributed by atoms with van der Waals surface area (Å²) in [4.78, 5) is 12.2. The highest BCUT2D eigenvalue weighted by atomic mass is 19.4. The lowest BCUT2D eigenvalue weighted by Gasteiger charge is -2.39. The number of nitrogens with one attached hydrogen (secondary N) is 3. The van der Waals surface area contributed by atoms with Crippen LogP contribution in [0.1, 0.15) is 31.0 Å². The number of alkyl halides is 6. The van der Waals surface area contributed by atoms with E-state index in [2.05, 4.69) is 10.7 Å². The number of rotatable bonds is 3. The van der Waals surface area contributed by atoms with E-state index >= 15 is 0 Å². The number of fused-ring (bicyclic) bond motifs is 1. The van der Waals surface area contributed by atoms with Crippen LogP contribution in [0.4, 0.5) is 26.3 Å². The zero-order valence-corrected chi connectivity index (χ0v) is 15.3. The van der Waals surface area contributed by atoms with E-state index in [4.69, 9.17) is 0 Å². The number of aliphatic hydroxyl groups is 1. The van der Waals surface area contributed by atoms with E-state index in [1.165, 1.54) is 12.1 Å². The third-order valence-corrected chi connectivity index (χ3v) is 5.06. The second kappa shape index (κ2) is 7.42. The average Bonchev–Trinajstić information content (AvgIpc) is 2.94. The van der Waals surface area contributed by atoms with Crippen LogP contribution in [0.2, 0.25) is 0 Å². The molecule has 0 bridgehead atoms. The van der Waals surface area contributed by atoms with E-state index < -0.39 is 54.3 Å². The van der Waals surface area contributed by atoms with Gasteiger partial charge in [-0.05, 0) is 23.6 Å². The summed E-state index contributed by atoms with van der Waals surface area (Å²) in [6, 6.07) is 1.09. The molecule has 3 rings (SSSR count). The van der Waals surface area contributed by atoms with E-state index in [1.54, 1.807) is 13.8 Å². The molecule has 1 amide bonds. The number of carbonyl (C=O) groups excluding carboxylic acids is 1. The van der Waals surface area contributed by atoms with E-state index in [-0.39, 0.29) is 5.92 Å². The van der Waals surface area contributed by atoms with Crippen LogP contribution in [-0.2, 0) is 11.0 Å². The maximum Gasteiger partial charge on any atom is 0.416 e. The van der Waals surface area contributed by atoms with Crippen LogP contribution >= 0.6 is 0 Å². The molecule has 0 aromatic heterocycles. The molecule has 5 unspecified atom stereocenters. The predicted octanol–water partition coefficient (Wildman–Crippen LogP) is 2.09. The lowest BCUT2D eigenvalue weighted by molar-refractivity contribution is -0.172. The smallest absolute Gasteiger partial charge is 0.361 e. The van der Waals surface area contributed by atoms with Gasteiger partial charge in [-0.3, -0.25) is 10.1 Å². The maximum atomic E-state index is 13.5. The molecule has 0 radical (unpaired) electrons. The highest BCUT2D eigenvalue weighted by Crippen LogP contribution is 2.41. The molecule has 2 aliphatic heterocycles. The van der Waals surface area contributed by atoms with Gasteiger partial charge in [0.15, 0.2) is 6.35 Å². The number of amides is 1. The van der Waals surface area contributed by atoms with E-state index in [1.807, 2.05) is 5.32 Å². The second-order valence-electron chi connectivity index (χ2n) is 7.41. The number of halogens is 6. The highest BCUT2D eigenvalue weighted by Gasteiger charge is 2.60. The van der Waals surface area contributed by atoms with Gasteiger partial charge in [-0.1, -0.05) is 26.0 Å². The zero-order chi connectivity index (χ0) is 21.7. The van der Waals surface area contributed by atoms with E-state index in [0.29, 0.717) is 5.56 Å². The number of benzene rings is 1. The predicted molar refractivity (Wildman–Crippen MR) is 88.4 cm³/mol. The number of aliphatic hydroxyl groups excluding tert-OH is 1. The summed E-state index contributed by atoms with van der Waals surface area (Å²) in [5.41, 5.74) is 1.76. The number of hydrazine groups is 1. The van der Waals surface area contributed by atoms with Crippen LogP contribution in [0.25, 0.3) is 0 Å². The molecule has 1 aromatic rings. The summed E-state index contributed by atoms with van der Waals surface area (Å²) in [5, 5.41) is 15.4. The van der Waals surface area contributed by atoms with Gasteiger partial charge in [0.25, 0.3) is 0 Å². The molecule has 0 spiro atoms. The lowest BCUT2D eigenvalue weighted by Crippen LogP contribution is -2.65. The summed E-state index contributed by atoms with van der Waals surface area (Å²) in [6.07, 6.45) is -12.1. The van der Waals surface area contributed by atoms with Crippen molar-refractivity contribution in [1.29, 1.82) is 0 Å². The van der Waals surface area contributed by atoms with Gasteiger partial charge in [-0.2, -0.15) is 26.3 Å². The molecule has 1 aromatic carbocycles. The maximum absolute atomic E-state index is 13.5. The van der Waals surface area contributed by atoms with Gasteiger partial charge in [0, 0.05) is 0 Å². The van der Waals surface area contributed by atoms with Crippen molar-refractivity contribution in [2.45, 2.75) is 50.8 Å². The van der Waals surface area contributed by atoms with Gasteiger partial charge >= 0.3 is 12.4 Å². The molecule has 12 heteroatoms. The van der Waals surface area contributed by atoms with Crippen molar-refractivity contribution in [1.82, 2.24) is 21.1 Å². The fraction of sp³-hybridized carbons (Fsp3) is 0.588. The Labute approximate surface area is 162 Å². The molecule has 6 nitrogen and oxygen atoms in total. The van der Waals surface area contributed by atoms with Crippen LogP contribution in [-0.4, -0.2) is 40.8 Å². The summed E-state index contributed by atoms with van der Waals surface area (Å²) in [7, 11) is 0. The molecule has 2 heterocycles. The topological polar surface area (TPSA) is 76.6 Å². The average molecular weight is 426 g/mol. The highest BCUT2D eigenvalue weighted by molar-refractivity contribution is 5.81. The normalized spacial score (nSPS) is 29.7. The Balaban J connectivity index is 1.99. The van der Waals surface area contributed by atoms with Crippen LogP contribution in [0.3, 0.4) is 0 Å². The van der Waals surface area contributed by atoms with E-state index in [9.17, 15) is 36.2 Å². The van der Waals surface area contributed by atoms with Crippen molar-refractivity contribution in [3.63, 3.8) is 0 Å². The van der Waals surface area contributed by atoms with Crippen molar-refractivity contribution < 1.29 is 36.2 Å². The molecule has 162 valence electrons. The fourth-order valence-corrected chi connectivity index (χ4v) is 3.86. The van der Waals surface area contributed by atoms with E-state index in [0.717, 1.165) is 17.1 Å². The van der Waals surface area contributed by atoms with Crippen molar-refractivity contribution in [3.8, 4) is 0 Å². The Kier molecular flexibility index (Phi) is 5.58. The van der Waals surface area contributed by atoms with Gasteiger partial charge in [0.2, 0.25) is 5.91 Å². The first kappa shape index (κ1) is 21.8. The van der Waals surface area contributed by atoms with Gasteiger partial charge in [0.05, 0.1) is 23.7 Å². The first-order valence-electron chi connectivity index (χ1n) is 8.83. The Bertz CT molecular complexity index is 752. The molecular formula is C17H20F6N4O2. The van der Waals surface area contributed by atoms with Gasteiger partial charge in [-0.15, -0.1) is 0 Å². The molecule has 2 fully saturated rings. The summed E-state index contributed by atoms with van der Waals surface area (Å²) in [6.45, 7) is 3.39. The molecule has 0 saturated carbocycles. The quantitative estimate of drug-likeness (QED) is 0.557. The molecule has 2 aliphatic rings. The fourth-order valence-electron chi connectivity index (χ4n) is 3.86. The minimum absolute atomic E-state index is 0.337. The van der Waals surface area contributed by atoms with Crippen LogP contribution in [0, 0.1) is 11.8 Å². The number of carbonyl (C=O) groups is 1. The largest absolute Gasteiger partial charge is 0.416 e.